The lowest BCUT2D eigenvalue weighted by Gasteiger charge is -2.30. The predicted molar refractivity (Wildman–Crippen MR) is 59.3 cm³/mol. The first-order valence-corrected chi connectivity index (χ1v) is 5.63. The zero-order chi connectivity index (χ0) is 10.6. The second kappa shape index (κ2) is 5.69. The van der Waals surface area contributed by atoms with Crippen molar-refractivity contribution in [2.24, 2.45) is 11.7 Å². The topological polar surface area (TPSA) is 38.5 Å². The molecule has 2 N–H and O–H groups in total. The van der Waals surface area contributed by atoms with Gasteiger partial charge in [0.1, 0.15) is 0 Å². The lowest BCUT2D eigenvalue weighted by molar-refractivity contribution is 0.113. The highest BCUT2D eigenvalue weighted by Gasteiger charge is 2.31. The number of hydrogen-bond acceptors (Lipinski definition) is 3. The van der Waals surface area contributed by atoms with Gasteiger partial charge >= 0.3 is 0 Å². The summed E-state index contributed by atoms with van der Waals surface area (Å²) in [4.78, 5) is 2.46. The quantitative estimate of drug-likeness (QED) is 0.668. The molecule has 3 heteroatoms. The summed E-state index contributed by atoms with van der Waals surface area (Å²) in [5.41, 5.74) is 5.84. The van der Waals surface area contributed by atoms with Crippen LogP contribution in [0.25, 0.3) is 0 Å². The van der Waals surface area contributed by atoms with Gasteiger partial charge in [-0.3, -0.25) is 4.90 Å². The van der Waals surface area contributed by atoms with Crippen LogP contribution in [0, 0.1) is 5.92 Å². The van der Waals surface area contributed by atoms with E-state index in [0.717, 1.165) is 25.6 Å². The Hall–Kier alpha value is -0.120. The number of nitrogens with two attached hydrogens (primary N) is 1. The molecule has 0 saturated heterocycles. The van der Waals surface area contributed by atoms with E-state index in [1.54, 1.807) is 7.11 Å². The van der Waals surface area contributed by atoms with E-state index < -0.39 is 0 Å². The molecule has 2 atom stereocenters. The van der Waals surface area contributed by atoms with Gasteiger partial charge in [-0.2, -0.15) is 0 Å². The normalized spacial score (nSPS) is 21.2. The standard InChI is InChI=1S/C11H24N2O/c1-9(12)8-13(6-7-14-3)10(2)11-4-5-11/h9-11H,4-8,12H2,1-3H3/t9-,10?/m0/s1. The Morgan fingerprint density at radius 2 is 2.07 bits per heavy atom. The Morgan fingerprint density at radius 1 is 1.43 bits per heavy atom. The van der Waals surface area contributed by atoms with Gasteiger partial charge in [0.25, 0.3) is 0 Å². The Labute approximate surface area is 87.6 Å². The molecular weight excluding hydrogens is 176 g/mol. The van der Waals surface area contributed by atoms with Crippen LogP contribution in [0.1, 0.15) is 26.7 Å². The number of hydrogen-bond donors (Lipinski definition) is 1. The number of ether oxygens (including phenoxy) is 1. The Kier molecular flexibility index (Phi) is 4.85. The summed E-state index contributed by atoms with van der Waals surface area (Å²) >= 11 is 0. The fourth-order valence-corrected chi connectivity index (χ4v) is 1.92. The average Bonchev–Trinajstić information content (AvgIpc) is 2.93. The van der Waals surface area contributed by atoms with Crippen molar-refractivity contribution < 1.29 is 4.74 Å². The van der Waals surface area contributed by atoms with Crippen molar-refractivity contribution in [2.45, 2.75) is 38.8 Å². The summed E-state index contributed by atoms with van der Waals surface area (Å²) in [6.45, 7) is 7.19. The monoisotopic (exact) mass is 200 g/mol. The van der Waals surface area contributed by atoms with Gasteiger partial charge in [0.05, 0.1) is 6.61 Å². The third kappa shape index (κ3) is 3.95. The molecule has 0 bridgehead atoms. The Morgan fingerprint density at radius 3 is 2.50 bits per heavy atom. The zero-order valence-electron chi connectivity index (χ0n) is 9.70. The molecule has 0 aromatic rings. The summed E-state index contributed by atoms with van der Waals surface area (Å²) in [7, 11) is 1.76. The van der Waals surface area contributed by atoms with E-state index in [1.807, 2.05) is 0 Å². The maximum Gasteiger partial charge on any atom is 0.0589 e. The molecule has 0 amide bonds. The molecule has 84 valence electrons. The average molecular weight is 200 g/mol. The number of methoxy groups -OCH3 is 1. The summed E-state index contributed by atoms with van der Waals surface area (Å²) in [6.07, 6.45) is 2.78. The van der Waals surface area contributed by atoms with Crippen molar-refractivity contribution in [1.29, 1.82) is 0 Å². The molecule has 1 saturated carbocycles. The third-order valence-electron chi connectivity index (χ3n) is 2.99. The minimum atomic E-state index is 0.257. The van der Waals surface area contributed by atoms with Crippen molar-refractivity contribution >= 4 is 0 Å². The second-order valence-electron chi connectivity index (χ2n) is 4.54. The first-order chi connectivity index (χ1) is 6.65. The molecule has 1 aliphatic rings. The SMILES string of the molecule is COCCN(C[C@H](C)N)C(C)C1CC1. The first kappa shape index (κ1) is 12.0. The van der Waals surface area contributed by atoms with Gasteiger partial charge in [-0.1, -0.05) is 0 Å². The van der Waals surface area contributed by atoms with E-state index in [4.69, 9.17) is 10.5 Å². The summed E-state index contributed by atoms with van der Waals surface area (Å²) in [5, 5.41) is 0. The first-order valence-electron chi connectivity index (χ1n) is 5.63. The molecule has 0 heterocycles. The molecule has 1 fully saturated rings. The van der Waals surface area contributed by atoms with Crippen molar-refractivity contribution in [3.8, 4) is 0 Å². The van der Waals surface area contributed by atoms with Crippen LogP contribution < -0.4 is 5.73 Å². The molecule has 1 rings (SSSR count). The van der Waals surface area contributed by atoms with Gasteiger partial charge in [0.2, 0.25) is 0 Å². The fraction of sp³-hybridized carbons (Fsp3) is 1.00. The molecule has 0 radical (unpaired) electrons. The van der Waals surface area contributed by atoms with Crippen molar-refractivity contribution in [3.05, 3.63) is 0 Å². The van der Waals surface area contributed by atoms with Gasteiger partial charge in [0, 0.05) is 32.3 Å². The van der Waals surface area contributed by atoms with Crippen LogP contribution in [-0.4, -0.2) is 43.8 Å². The van der Waals surface area contributed by atoms with Gasteiger partial charge in [-0.25, -0.2) is 0 Å². The molecule has 3 nitrogen and oxygen atoms in total. The smallest absolute Gasteiger partial charge is 0.0589 e. The highest BCUT2D eigenvalue weighted by atomic mass is 16.5. The van der Waals surface area contributed by atoms with E-state index in [2.05, 4.69) is 18.7 Å². The van der Waals surface area contributed by atoms with E-state index in [9.17, 15) is 0 Å². The van der Waals surface area contributed by atoms with Gasteiger partial charge < -0.3 is 10.5 Å². The van der Waals surface area contributed by atoms with Crippen LogP contribution in [0.5, 0.6) is 0 Å². The maximum atomic E-state index is 5.84. The minimum Gasteiger partial charge on any atom is -0.383 e. The van der Waals surface area contributed by atoms with Crippen LogP contribution in [0.3, 0.4) is 0 Å². The summed E-state index contributed by atoms with van der Waals surface area (Å²) in [6, 6.07) is 0.934. The fourth-order valence-electron chi connectivity index (χ4n) is 1.92. The van der Waals surface area contributed by atoms with Crippen molar-refractivity contribution in [2.75, 3.05) is 26.8 Å². The van der Waals surface area contributed by atoms with Crippen LogP contribution in [0.15, 0.2) is 0 Å². The molecule has 0 aromatic heterocycles. The molecular formula is C11H24N2O. The molecule has 0 aromatic carbocycles. The highest BCUT2D eigenvalue weighted by molar-refractivity contribution is 4.86. The molecule has 1 aliphatic carbocycles. The zero-order valence-corrected chi connectivity index (χ0v) is 9.70. The van der Waals surface area contributed by atoms with E-state index in [1.165, 1.54) is 12.8 Å². The predicted octanol–water partition coefficient (Wildman–Crippen LogP) is 1.08. The Balaban J connectivity index is 2.33. The Bertz CT molecular complexity index is 157. The van der Waals surface area contributed by atoms with Crippen LogP contribution in [-0.2, 0) is 4.74 Å². The van der Waals surface area contributed by atoms with Crippen LogP contribution in [0.2, 0.25) is 0 Å². The van der Waals surface area contributed by atoms with Gasteiger partial charge in [-0.05, 0) is 32.6 Å². The van der Waals surface area contributed by atoms with Gasteiger partial charge in [-0.15, -0.1) is 0 Å². The lowest BCUT2D eigenvalue weighted by Crippen LogP contribution is -2.43. The number of nitrogens with zero attached hydrogens (tertiary/aromatic N) is 1. The highest BCUT2D eigenvalue weighted by Crippen LogP contribution is 2.34. The maximum absolute atomic E-state index is 5.84. The second-order valence-corrected chi connectivity index (χ2v) is 4.54. The lowest BCUT2D eigenvalue weighted by atomic mass is 10.1. The number of rotatable bonds is 7. The summed E-state index contributed by atoms with van der Waals surface area (Å²) < 4.78 is 5.12. The minimum absolute atomic E-state index is 0.257. The summed E-state index contributed by atoms with van der Waals surface area (Å²) in [5.74, 6) is 0.908. The van der Waals surface area contributed by atoms with Crippen molar-refractivity contribution in [1.82, 2.24) is 4.90 Å². The van der Waals surface area contributed by atoms with Gasteiger partial charge in [0.15, 0.2) is 0 Å². The van der Waals surface area contributed by atoms with E-state index in [-0.39, 0.29) is 6.04 Å². The third-order valence-corrected chi connectivity index (χ3v) is 2.99. The molecule has 1 unspecified atom stereocenters. The van der Waals surface area contributed by atoms with Crippen LogP contribution >= 0.6 is 0 Å². The molecule has 0 aliphatic heterocycles. The molecule has 0 spiro atoms. The van der Waals surface area contributed by atoms with Crippen molar-refractivity contribution in [3.63, 3.8) is 0 Å². The molecule has 14 heavy (non-hydrogen) atoms. The van der Waals surface area contributed by atoms with E-state index >= 15 is 0 Å². The van der Waals surface area contributed by atoms with Crippen LogP contribution in [0.4, 0.5) is 0 Å². The van der Waals surface area contributed by atoms with E-state index in [0.29, 0.717) is 6.04 Å². The largest absolute Gasteiger partial charge is 0.383 e.